The maximum absolute atomic E-state index is 9.70. The summed E-state index contributed by atoms with van der Waals surface area (Å²) in [5, 5.41) is 7.96. The summed E-state index contributed by atoms with van der Waals surface area (Å²) in [7, 11) is 0. The fourth-order valence-electron chi connectivity index (χ4n) is 0.230. The summed E-state index contributed by atoms with van der Waals surface area (Å²) in [6.07, 6.45) is 5.65. The first kappa shape index (κ1) is 6.95. The Kier molecular flexibility index (Phi) is 3.58. The predicted molar refractivity (Wildman–Crippen MR) is 30.3 cm³/mol. The van der Waals surface area contributed by atoms with Crippen molar-refractivity contribution in [1.82, 2.24) is 0 Å². The second kappa shape index (κ2) is 4.12. The Hall–Kier alpha value is -1.05. The highest BCUT2D eigenvalue weighted by molar-refractivity contribution is 5.75. The van der Waals surface area contributed by atoms with E-state index in [1.54, 1.807) is 6.08 Å². The third kappa shape index (κ3) is 4.95. The molecular formula is C6H7O2. The van der Waals surface area contributed by atoms with Crippen LogP contribution in [0.5, 0.6) is 0 Å². The van der Waals surface area contributed by atoms with Gasteiger partial charge in [0, 0.05) is 0 Å². The molecule has 0 aromatic heterocycles. The third-order valence-corrected chi connectivity index (χ3v) is 0.510. The van der Waals surface area contributed by atoms with Gasteiger partial charge in [0.25, 0.3) is 0 Å². The molecule has 0 fully saturated rings. The summed E-state index contributed by atoms with van der Waals surface area (Å²) >= 11 is 0. The Bertz CT molecular complexity index is 114. The fourth-order valence-corrected chi connectivity index (χ4v) is 0.230. The van der Waals surface area contributed by atoms with E-state index in [0.29, 0.717) is 6.42 Å². The molecule has 0 aliphatic carbocycles. The molecule has 43 valence electrons. The van der Waals surface area contributed by atoms with Gasteiger partial charge in [-0.15, -0.1) is 6.58 Å². The van der Waals surface area contributed by atoms with Gasteiger partial charge in [0.1, 0.15) is 0 Å². The smallest absolute Gasteiger partial charge is 0.336 e. The van der Waals surface area contributed by atoms with Gasteiger partial charge in [-0.25, -0.2) is 4.79 Å². The summed E-state index contributed by atoms with van der Waals surface area (Å²) < 4.78 is 0. The van der Waals surface area contributed by atoms with Crippen molar-refractivity contribution in [3.8, 4) is 0 Å². The molecule has 0 atom stereocenters. The van der Waals surface area contributed by atoms with E-state index in [-0.39, 0.29) is 0 Å². The van der Waals surface area contributed by atoms with Gasteiger partial charge >= 0.3 is 5.97 Å². The second-order valence-corrected chi connectivity index (χ2v) is 1.18. The van der Waals surface area contributed by atoms with Crippen molar-refractivity contribution in [3.63, 3.8) is 0 Å². The van der Waals surface area contributed by atoms with Gasteiger partial charge in [-0.3, -0.25) is 0 Å². The SMILES string of the molecule is C=CC/C=[C]/C(=O)O. The highest BCUT2D eigenvalue weighted by Crippen LogP contribution is 1.80. The van der Waals surface area contributed by atoms with Crippen molar-refractivity contribution in [2.75, 3.05) is 0 Å². The van der Waals surface area contributed by atoms with Crippen LogP contribution in [0.2, 0.25) is 0 Å². The highest BCUT2D eigenvalue weighted by Gasteiger charge is 1.81. The van der Waals surface area contributed by atoms with Crippen LogP contribution in [-0.4, -0.2) is 11.1 Å². The molecule has 0 aromatic rings. The Labute approximate surface area is 48.1 Å². The first-order valence-electron chi connectivity index (χ1n) is 2.19. The van der Waals surface area contributed by atoms with Gasteiger partial charge in [-0.05, 0) is 6.42 Å². The molecule has 0 spiro atoms. The van der Waals surface area contributed by atoms with E-state index in [0.717, 1.165) is 0 Å². The predicted octanol–water partition coefficient (Wildman–Crippen LogP) is 1.01. The van der Waals surface area contributed by atoms with Crippen LogP contribution >= 0.6 is 0 Å². The average molecular weight is 111 g/mol. The molecule has 0 saturated carbocycles. The van der Waals surface area contributed by atoms with Crippen molar-refractivity contribution in [3.05, 3.63) is 24.8 Å². The molecule has 1 radical (unpaired) electrons. The van der Waals surface area contributed by atoms with E-state index < -0.39 is 5.97 Å². The third-order valence-electron chi connectivity index (χ3n) is 0.510. The van der Waals surface area contributed by atoms with Gasteiger partial charge in [0.2, 0.25) is 0 Å². The summed E-state index contributed by atoms with van der Waals surface area (Å²) in [5.74, 6) is -1.04. The molecule has 8 heavy (non-hydrogen) atoms. The molecule has 0 aromatic carbocycles. The molecule has 0 amide bonds. The fraction of sp³-hybridized carbons (Fsp3) is 0.167. The van der Waals surface area contributed by atoms with E-state index in [1.807, 2.05) is 0 Å². The standard InChI is InChI=1S/C6H7O2/c1-2-3-4-5-6(7)8/h2,4H,1,3H2,(H,7,8). The second-order valence-electron chi connectivity index (χ2n) is 1.18. The summed E-state index contributed by atoms with van der Waals surface area (Å²) in [5.41, 5.74) is 0. The quantitative estimate of drug-likeness (QED) is 0.436. The molecule has 0 heterocycles. The van der Waals surface area contributed by atoms with E-state index in [4.69, 9.17) is 5.11 Å². The van der Waals surface area contributed by atoms with Crippen molar-refractivity contribution >= 4 is 5.97 Å². The monoisotopic (exact) mass is 111 g/mol. The minimum atomic E-state index is -1.04. The Morgan fingerprint density at radius 2 is 2.50 bits per heavy atom. The molecule has 0 aliphatic rings. The number of carboxylic acid groups (broad SMARTS) is 1. The largest absolute Gasteiger partial charge is 0.478 e. The first-order valence-corrected chi connectivity index (χ1v) is 2.19. The summed E-state index contributed by atoms with van der Waals surface area (Å²) in [6, 6.07) is 0. The van der Waals surface area contributed by atoms with Crippen molar-refractivity contribution < 1.29 is 9.90 Å². The maximum Gasteiger partial charge on any atom is 0.336 e. The lowest BCUT2D eigenvalue weighted by Crippen LogP contribution is -1.85. The molecule has 1 N–H and O–H groups in total. The number of carbonyl (C=O) groups is 1. The molecular weight excluding hydrogens is 104 g/mol. The molecule has 0 bridgehead atoms. The molecule has 0 aliphatic heterocycles. The van der Waals surface area contributed by atoms with Crippen LogP contribution in [0, 0.1) is 6.08 Å². The minimum absolute atomic E-state index is 0.562. The Morgan fingerprint density at radius 3 is 2.88 bits per heavy atom. The van der Waals surface area contributed by atoms with E-state index in [1.165, 1.54) is 6.08 Å². The zero-order valence-electron chi connectivity index (χ0n) is 4.42. The van der Waals surface area contributed by atoms with Crippen LogP contribution in [0.25, 0.3) is 0 Å². The molecule has 0 rings (SSSR count). The number of allylic oxidation sites excluding steroid dienone is 2. The van der Waals surface area contributed by atoms with Gasteiger partial charge in [0.15, 0.2) is 0 Å². The van der Waals surface area contributed by atoms with Crippen LogP contribution in [0.4, 0.5) is 0 Å². The van der Waals surface area contributed by atoms with Crippen molar-refractivity contribution in [2.45, 2.75) is 6.42 Å². The van der Waals surface area contributed by atoms with Crippen LogP contribution in [0.1, 0.15) is 6.42 Å². The van der Waals surface area contributed by atoms with Crippen LogP contribution in [-0.2, 0) is 4.79 Å². The number of hydrogen-bond donors (Lipinski definition) is 1. The van der Waals surface area contributed by atoms with Gasteiger partial charge < -0.3 is 5.11 Å². The lowest BCUT2D eigenvalue weighted by Gasteiger charge is -1.74. The highest BCUT2D eigenvalue weighted by atomic mass is 16.4. The van der Waals surface area contributed by atoms with Crippen LogP contribution < -0.4 is 0 Å². The average Bonchev–Trinajstić information content (AvgIpc) is 1.66. The summed E-state index contributed by atoms with van der Waals surface area (Å²) in [4.78, 5) is 9.70. The number of hydrogen-bond acceptors (Lipinski definition) is 1. The molecule has 0 saturated heterocycles. The van der Waals surface area contributed by atoms with Crippen molar-refractivity contribution in [2.24, 2.45) is 0 Å². The van der Waals surface area contributed by atoms with Crippen LogP contribution in [0.15, 0.2) is 18.7 Å². The van der Waals surface area contributed by atoms with Gasteiger partial charge in [-0.2, -0.15) is 0 Å². The Morgan fingerprint density at radius 1 is 1.88 bits per heavy atom. The lowest BCUT2D eigenvalue weighted by molar-refractivity contribution is -0.132. The maximum atomic E-state index is 9.70. The molecule has 2 heteroatoms. The van der Waals surface area contributed by atoms with Crippen molar-refractivity contribution in [1.29, 1.82) is 0 Å². The zero-order valence-corrected chi connectivity index (χ0v) is 4.42. The number of aliphatic carboxylic acids is 1. The zero-order chi connectivity index (χ0) is 6.41. The van der Waals surface area contributed by atoms with Crippen LogP contribution in [0.3, 0.4) is 0 Å². The minimum Gasteiger partial charge on any atom is -0.478 e. The molecule has 0 unspecified atom stereocenters. The van der Waals surface area contributed by atoms with E-state index in [2.05, 4.69) is 12.7 Å². The van der Waals surface area contributed by atoms with Gasteiger partial charge in [0.05, 0.1) is 6.08 Å². The van der Waals surface area contributed by atoms with E-state index in [9.17, 15) is 4.79 Å². The normalized spacial score (nSPS) is 9.50. The topological polar surface area (TPSA) is 37.3 Å². The first-order chi connectivity index (χ1) is 3.77. The number of carboxylic acids is 1. The number of rotatable bonds is 3. The molecule has 2 nitrogen and oxygen atoms in total. The van der Waals surface area contributed by atoms with Gasteiger partial charge in [-0.1, -0.05) is 12.2 Å². The lowest BCUT2D eigenvalue weighted by atomic mass is 10.4. The van der Waals surface area contributed by atoms with E-state index >= 15 is 0 Å². The Balaban J connectivity index is 3.34. The summed E-state index contributed by atoms with van der Waals surface area (Å²) in [6.45, 7) is 3.39.